The highest BCUT2D eigenvalue weighted by atomic mass is 16.7. The first-order valence-electron chi connectivity index (χ1n) is 16.4. The number of hydroxylamine groups is 2. The number of nitrogens with zero attached hydrogens (tertiary/aromatic N) is 2. The number of carbonyl (C=O) groups is 2. The second-order valence-corrected chi connectivity index (χ2v) is 14.5. The monoisotopic (exact) mass is 604 g/mol. The van der Waals surface area contributed by atoms with Crippen LogP contribution in [0.15, 0.2) is 42.5 Å². The van der Waals surface area contributed by atoms with Crippen LogP contribution in [0.5, 0.6) is 5.75 Å². The van der Waals surface area contributed by atoms with Gasteiger partial charge in [-0.15, -0.1) is 0 Å². The van der Waals surface area contributed by atoms with Gasteiger partial charge in [0.25, 0.3) is 5.91 Å². The van der Waals surface area contributed by atoms with E-state index in [-0.39, 0.29) is 29.9 Å². The number of likely N-dealkylation sites (N-methyl/N-ethyl adjacent to an activating group) is 1. The van der Waals surface area contributed by atoms with Crippen LogP contribution in [0.1, 0.15) is 75.7 Å². The Morgan fingerprint density at radius 2 is 1.82 bits per heavy atom. The van der Waals surface area contributed by atoms with Crippen LogP contribution in [-0.2, 0) is 16.2 Å². The Bertz CT molecular complexity index is 1300. The van der Waals surface area contributed by atoms with E-state index >= 15 is 0 Å². The first kappa shape index (κ1) is 32.5. The number of amides is 2. The van der Waals surface area contributed by atoms with Crippen LogP contribution in [0.4, 0.5) is 0 Å². The van der Waals surface area contributed by atoms with E-state index in [4.69, 9.17) is 9.57 Å². The summed E-state index contributed by atoms with van der Waals surface area (Å²) in [5.41, 5.74) is 3.77. The van der Waals surface area contributed by atoms with Gasteiger partial charge in [-0.1, -0.05) is 58.0 Å². The third-order valence-corrected chi connectivity index (χ3v) is 10.2. The molecule has 6 rings (SSSR count). The largest absolute Gasteiger partial charge is 0.496 e. The zero-order valence-corrected chi connectivity index (χ0v) is 27.7. The van der Waals surface area contributed by atoms with Gasteiger partial charge in [-0.3, -0.25) is 14.4 Å². The van der Waals surface area contributed by atoms with Gasteiger partial charge in [0.05, 0.1) is 20.3 Å². The Morgan fingerprint density at radius 3 is 2.48 bits per heavy atom. The van der Waals surface area contributed by atoms with E-state index in [0.717, 1.165) is 48.2 Å². The molecule has 3 aliphatic carbocycles. The fourth-order valence-electron chi connectivity index (χ4n) is 7.69. The number of para-hydroxylation sites is 1. The van der Waals surface area contributed by atoms with E-state index in [1.165, 1.54) is 6.42 Å². The lowest BCUT2D eigenvalue weighted by Crippen LogP contribution is -2.57. The van der Waals surface area contributed by atoms with Crippen LogP contribution in [0.2, 0.25) is 0 Å². The van der Waals surface area contributed by atoms with Gasteiger partial charge in [-0.2, -0.15) is 5.06 Å². The minimum absolute atomic E-state index is 0.0606. The zero-order valence-electron chi connectivity index (χ0n) is 27.7. The molecule has 1 saturated heterocycles. The van der Waals surface area contributed by atoms with Gasteiger partial charge >= 0.3 is 0 Å². The molecule has 0 aromatic heterocycles. The first-order valence-corrected chi connectivity index (χ1v) is 16.4. The van der Waals surface area contributed by atoms with Gasteiger partial charge in [0.1, 0.15) is 11.8 Å². The van der Waals surface area contributed by atoms with Crippen LogP contribution >= 0.6 is 0 Å². The fraction of sp³-hybridized carbons (Fsp3) is 0.611. The number of benzene rings is 2. The third-order valence-electron chi connectivity index (χ3n) is 10.2. The molecule has 2 aromatic rings. The van der Waals surface area contributed by atoms with Gasteiger partial charge < -0.3 is 20.3 Å². The molecule has 4 aliphatic rings. The molecule has 0 radical (unpaired) electrons. The molecule has 2 N–H and O–H groups in total. The van der Waals surface area contributed by atoms with Crippen molar-refractivity contribution >= 4 is 11.8 Å². The van der Waals surface area contributed by atoms with Crippen molar-refractivity contribution in [2.45, 2.75) is 84.5 Å². The summed E-state index contributed by atoms with van der Waals surface area (Å²) in [6.07, 6.45) is 5.03. The molecule has 1 heterocycles. The maximum atomic E-state index is 13.4. The highest BCUT2D eigenvalue weighted by molar-refractivity contribution is 5.96. The topological polar surface area (TPSA) is 83.1 Å². The lowest BCUT2D eigenvalue weighted by molar-refractivity contribution is -0.159. The standard InChI is InChI=1S/C36H52N4O4/c1-23(2)16-30(22-39(5)6)38-34(41)25-11-8-10-24(17-25)31-13-9-12-26(33(31)43-7)21-40-32(14-15-44-40)35(42)37-29-19-27-18-28(20-29)36(27,3)4/h8-13,17,23,27-30,32H,14-16,18-22H2,1-7H3,(H,37,42)(H,38,41)/t27-,28+,29?,30-,32-/m0/s1. The molecule has 1 aliphatic heterocycles. The van der Waals surface area contributed by atoms with Crippen LogP contribution < -0.4 is 15.4 Å². The molecule has 240 valence electrons. The van der Waals surface area contributed by atoms with Gasteiger partial charge in [0, 0.05) is 35.3 Å². The molecular formula is C36H52N4O4. The maximum absolute atomic E-state index is 13.4. The molecule has 2 bridgehead atoms. The summed E-state index contributed by atoms with van der Waals surface area (Å²) in [5.74, 6) is 2.60. The van der Waals surface area contributed by atoms with E-state index in [1.807, 2.05) is 61.6 Å². The molecule has 1 unspecified atom stereocenters. The number of nitrogens with one attached hydrogen (secondary N) is 2. The number of ether oxygens (including phenoxy) is 1. The highest BCUT2D eigenvalue weighted by Gasteiger charge is 2.53. The summed E-state index contributed by atoms with van der Waals surface area (Å²) in [5, 5.41) is 8.42. The lowest BCUT2D eigenvalue weighted by Gasteiger charge is -2.59. The van der Waals surface area contributed by atoms with E-state index in [2.05, 4.69) is 43.2 Å². The SMILES string of the molecule is COc1c(CN2OCC[C@H]2C(=O)NC2C[C@@H]3C[C@H](C2)C3(C)C)cccc1-c1cccc(C(=O)N[C@@H](CC(C)C)CN(C)C)c1. The Labute approximate surface area is 263 Å². The number of hydrogen-bond acceptors (Lipinski definition) is 6. The first-order chi connectivity index (χ1) is 21.0. The van der Waals surface area contributed by atoms with Crippen molar-refractivity contribution in [3.8, 4) is 16.9 Å². The number of carbonyl (C=O) groups excluding carboxylic acids is 2. The van der Waals surface area contributed by atoms with Crippen LogP contribution in [0.3, 0.4) is 0 Å². The molecule has 2 aromatic carbocycles. The average Bonchev–Trinajstić information content (AvgIpc) is 3.44. The second kappa shape index (κ2) is 13.6. The summed E-state index contributed by atoms with van der Waals surface area (Å²) in [7, 11) is 5.72. The Hall–Kier alpha value is -2.94. The van der Waals surface area contributed by atoms with Crippen LogP contribution in [0.25, 0.3) is 11.1 Å². The van der Waals surface area contributed by atoms with Crippen molar-refractivity contribution in [3.05, 3.63) is 53.6 Å². The molecule has 5 atom stereocenters. The van der Waals surface area contributed by atoms with E-state index in [9.17, 15) is 9.59 Å². The van der Waals surface area contributed by atoms with Crippen molar-refractivity contribution in [1.82, 2.24) is 20.6 Å². The number of rotatable bonds is 12. The van der Waals surface area contributed by atoms with Crippen molar-refractivity contribution < 1.29 is 19.2 Å². The van der Waals surface area contributed by atoms with E-state index in [1.54, 1.807) is 7.11 Å². The van der Waals surface area contributed by atoms with E-state index < -0.39 is 0 Å². The summed E-state index contributed by atoms with van der Waals surface area (Å²) in [4.78, 5) is 34.9. The minimum Gasteiger partial charge on any atom is -0.496 e. The number of fused-ring (bicyclic) bond motifs is 2. The second-order valence-electron chi connectivity index (χ2n) is 14.5. The number of methoxy groups -OCH3 is 1. The predicted octanol–water partition coefficient (Wildman–Crippen LogP) is 5.52. The molecule has 4 fully saturated rings. The van der Waals surface area contributed by atoms with Crippen molar-refractivity contribution in [1.29, 1.82) is 0 Å². The summed E-state index contributed by atoms with van der Waals surface area (Å²) < 4.78 is 5.96. The summed E-state index contributed by atoms with van der Waals surface area (Å²) >= 11 is 0. The Morgan fingerprint density at radius 1 is 1.09 bits per heavy atom. The zero-order chi connectivity index (χ0) is 31.6. The van der Waals surface area contributed by atoms with Gasteiger partial charge in [0.15, 0.2) is 0 Å². The smallest absolute Gasteiger partial charge is 0.251 e. The van der Waals surface area contributed by atoms with Crippen molar-refractivity contribution in [3.63, 3.8) is 0 Å². The normalized spacial score (nSPS) is 25.0. The van der Waals surface area contributed by atoms with Crippen LogP contribution in [0, 0.1) is 23.2 Å². The molecule has 3 saturated carbocycles. The average molecular weight is 605 g/mol. The van der Waals surface area contributed by atoms with Gasteiger partial charge in [0.2, 0.25) is 5.91 Å². The molecular weight excluding hydrogens is 552 g/mol. The predicted molar refractivity (Wildman–Crippen MR) is 174 cm³/mol. The summed E-state index contributed by atoms with van der Waals surface area (Å²) in [6.45, 7) is 10.8. The van der Waals surface area contributed by atoms with Crippen molar-refractivity contribution in [2.75, 3.05) is 34.4 Å². The van der Waals surface area contributed by atoms with E-state index in [0.29, 0.717) is 48.3 Å². The van der Waals surface area contributed by atoms with Gasteiger partial charge in [-0.25, -0.2) is 0 Å². The molecule has 44 heavy (non-hydrogen) atoms. The quantitative estimate of drug-likeness (QED) is 0.332. The molecule has 8 heteroatoms. The van der Waals surface area contributed by atoms with Gasteiger partial charge in [-0.05, 0) is 87.1 Å². The maximum Gasteiger partial charge on any atom is 0.251 e. The van der Waals surface area contributed by atoms with Crippen molar-refractivity contribution in [2.24, 2.45) is 23.2 Å². The fourth-order valence-corrected chi connectivity index (χ4v) is 7.69. The number of hydrogen-bond donors (Lipinski definition) is 2. The molecule has 0 spiro atoms. The minimum atomic E-state index is -0.331. The molecule has 8 nitrogen and oxygen atoms in total. The molecule has 2 amide bonds. The third kappa shape index (κ3) is 7.13. The highest BCUT2D eigenvalue weighted by Crippen LogP contribution is 2.59. The van der Waals surface area contributed by atoms with Crippen LogP contribution in [-0.4, -0.2) is 74.3 Å². The summed E-state index contributed by atoms with van der Waals surface area (Å²) in [6, 6.07) is 13.7. The lowest BCUT2D eigenvalue weighted by atomic mass is 9.48. The Kier molecular flexibility index (Phi) is 10.0. The Balaban J connectivity index is 1.28.